The van der Waals surface area contributed by atoms with Gasteiger partial charge >= 0.3 is 0 Å². The highest BCUT2D eigenvalue weighted by molar-refractivity contribution is 5.80. The molecule has 8 heteroatoms. The Bertz CT molecular complexity index is 805. The van der Waals surface area contributed by atoms with Crippen LogP contribution in [0.4, 0.5) is 0 Å². The first kappa shape index (κ1) is 28.3. The molecule has 0 bridgehead atoms. The molecule has 0 aromatic carbocycles. The molecule has 5 aliphatic rings. The number of hydrogen-bond donors (Lipinski definition) is 4. The van der Waals surface area contributed by atoms with E-state index in [-0.39, 0.29) is 24.2 Å². The Morgan fingerprint density at radius 3 is 2.47 bits per heavy atom. The van der Waals surface area contributed by atoms with E-state index in [0.29, 0.717) is 49.4 Å². The average Bonchev–Trinajstić information content (AvgIpc) is 2.92. The highest BCUT2D eigenvalue weighted by Gasteiger charge is 2.46. The highest BCUT2D eigenvalue weighted by Crippen LogP contribution is 2.39. The Labute approximate surface area is 228 Å². The van der Waals surface area contributed by atoms with E-state index in [0.717, 1.165) is 45.1 Å². The molecular formula is C30H51N3O5. The van der Waals surface area contributed by atoms with Crippen molar-refractivity contribution in [3.63, 3.8) is 0 Å². The molecule has 0 spiro atoms. The summed E-state index contributed by atoms with van der Waals surface area (Å²) in [6.07, 6.45) is 13.2. The second-order valence-corrected chi connectivity index (χ2v) is 13.3. The summed E-state index contributed by atoms with van der Waals surface area (Å²) in [7, 11) is 0. The van der Waals surface area contributed by atoms with Crippen LogP contribution in [0.3, 0.4) is 0 Å². The zero-order valence-corrected chi connectivity index (χ0v) is 23.1. The zero-order valence-electron chi connectivity index (χ0n) is 23.1. The van der Waals surface area contributed by atoms with E-state index in [1.807, 2.05) is 4.90 Å². The van der Waals surface area contributed by atoms with Crippen LogP contribution in [0.25, 0.3) is 0 Å². The fourth-order valence-electron chi connectivity index (χ4n) is 8.47. The molecule has 5 rings (SSSR count). The predicted octanol–water partition coefficient (Wildman–Crippen LogP) is 2.73. The van der Waals surface area contributed by atoms with Gasteiger partial charge in [-0.3, -0.25) is 9.59 Å². The lowest BCUT2D eigenvalue weighted by Gasteiger charge is -2.48. The summed E-state index contributed by atoms with van der Waals surface area (Å²) < 4.78 is 6.33. The second kappa shape index (κ2) is 13.0. The van der Waals surface area contributed by atoms with Gasteiger partial charge in [-0.15, -0.1) is 0 Å². The monoisotopic (exact) mass is 533 g/mol. The number of primary amides is 1. The molecule has 0 radical (unpaired) electrons. The van der Waals surface area contributed by atoms with Gasteiger partial charge in [-0.05, 0) is 69.1 Å². The Balaban J connectivity index is 1.22. The molecule has 4 aliphatic carbocycles. The third-order valence-electron chi connectivity index (χ3n) is 10.6. The molecule has 1 heterocycles. The number of nitrogens with zero attached hydrogens (tertiary/aromatic N) is 1. The summed E-state index contributed by atoms with van der Waals surface area (Å²) >= 11 is 0. The molecular weight excluding hydrogens is 482 g/mol. The van der Waals surface area contributed by atoms with E-state index in [1.54, 1.807) is 0 Å². The van der Waals surface area contributed by atoms with E-state index in [1.165, 1.54) is 44.9 Å². The van der Waals surface area contributed by atoms with Crippen molar-refractivity contribution in [1.82, 2.24) is 10.2 Å². The minimum absolute atomic E-state index is 0.00674. The predicted molar refractivity (Wildman–Crippen MR) is 145 cm³/mol. The quantitative estimate of drug-likeness (QED) is 0.399. The highest BCUT2D eigenvalue weighted by atomic mass is 16.5. The first-order valence-corrected chi connectivity index (χ1v) is 15.7. The third-order valence-corrected chi connectivity index (χ3v) is 10.6. The Hall–Kier alpha value is -1.22. The maximum atomic E-state index is 14.0. The summed E-state index contributed by atoms with van der Waals surface area (Å²) in [5.41, 5.74) is 5.63. The summed E-state index contributed by atoms with van der Waals surface area (Å²) in [4.78, 5) is 27.8. The van der Waals surface area contributed by atoms with Gasteiger partial charge < -0.3 is 30.9 Å². The summed E-state index contributed by atoms with van der Waals surface area (Å²) in [6, 6.07) is 0.660. The van der Waals surface area contributed by atoms with Gasteiger partial charge in [0.25, 0.3) is 0 Å². The van der Waals surface area contributed by atoms with Crippen LogP contribution in [0, 0.1) is 29.6 Å². The van der Waals surface area contributed by atoms with Gasteiger partial charge in [0.05, 0.1) is 24.2 Å². The van der Waals surface area contributed by atoms with E-state index >= 15 is 0 Å². The van der Waals surface area contributed by atoms with Crippen LogP contribution in [0.15, 0.2) is 0 Å². The van der Waals surface area contributed by atoms with Crippen molar-refractivity contribution < 1.29 is 24.5 Å². The number of nitrogens with two attached hydrogens (primary N) is 1. The standard InChI is InChI=1S/C30H51N3O5/c31-29(36)21-9-4-10-22(14-21)32-25-11-5-8-20-12-13-33(17-24(20)25)30(37)28-26(35)15-23(34)16-27(28)38-18-19-6-2-1-3-7-19/h19-28,32,34-35H,1-18H2,(H2,31,36). The lowest BCUT2D eigenvalue weighted by molar-refractivity contribution is -0.162. The van der Waals surface area contributed by atoms with Gasteiger partial charge in [-0.2, -0.15) is 0 Å². The first-order chi connectivity index (χ1) is 18.4. The van der Waals surface area contributed by atoms with Crippen molar-refractivity contribution in [2.75, 3.05) is 19.7 Å². The molecule has 5 fully saturated rings. The van der Waals surface area contributed by atoms with E-state index in [2.05, 4.69) is 5.32 Å². The van der Waals surface area contributed by atoms with Gasteiger partial charge in [0.1, 0.15) is 0 Å². The summed E-state index contributed by atoms with van der Waals surface area (Å²) in [5, 5.41) is 25.3. The number of piperidine rings is 1. The topological polar surface area (TPSA) is 125 Å². The number of aliphatic hydroxyl groups excluding tert-OH is 2. The molecule has 4 saturated carbocycles. The molecule has 9 atom stereocenters. The smallest absolute Gasteiger partial charge is 0.230 e. The fraction of sp³-hybridized carbons (Fsp3) is 0.933. The van der Waals surface area contributed by atoms with Crippen LogP contribution in [0.2, 0.25) is 0 Å². The first-order valence-electron chi connectivity index (χ1n) is 15.7. The molecule has 5 N–H and O–H groups in total. The minimum atomic E-state index is -0.867. The minimum Gasteiger partial charge on any atom is -0.393 e. The van der Waals surface area contributed by atoms with Crippen molar-refractivity contribution in [1.29, 1.82) is 0 Å². The molecule has 2 amide bonds. The van der Waals surface area contributed by atoms with Crippen LogP contribution < -0.4 is 11.1 Å². The van der Waals surface area contributed by atoms with Crippen molar-refractivity contribution in [3.05, 3.63) is 0 Å². The second-order valence-electron chi connectivity index (χ2n) is 13.3. The van der Waals surface area contributed by atoms with Crippen molar-refractivity contribution in [2.24, 2.45) is 35.3 Å². The maximum Gasteiger partial charge on any atom is 0.230 e. The SMILES string of the molecule is NC(=O)C1CCCC(NC2CCCC3CCN(C(=O)C4C(O)CC(O)CC4OCC4CCCCC4)CC32)C1. The Kier molecular flexibility index (Phi) is 9.66. The molecule has 1 saturated heterocycles. The van der Waals surface area contributed by atoms with Gasteiger partial charge in [0.15, 0.2) is 0 Å². The van der Waals surface area contributed by atoms with Crippen LogP contribution in [0.1, 0.15) is 96.3 Å². The fourth-order valence-corrected chi connectivity index (χ4v) is 8.47. The van der Waals surface area contributed by atoms with Crippen molar-refractivity contribution in [3.8, 4) is 0 Å². The summed E-state index contributed by atoms with van der Waals surface area (Å²) in [5.74, 6) is 0.730. The number of aliphatic hydroxyl groups is 2. The number of nitrogens with one attached hydrogen (secondary N) is 1. The number of ether oxygens (including phenoxy) is 1. The number of carbonyl (C=O) groups is 2. The molecule has 9 unspecified atom stereocenters. The lowest BCUT2D eigenvalue weighted by Crippen LogP contribution is -2.58. The molecule has 216 valence electrons. The normalized spacial score (nSPS) is 40.9. The third kappa shape index (κ3) is 6.73. The average molecular weight is 534 g/mol. The molecule has 38 heavy (non-hydrogen) atoms. The molecule has 0 aromatic heterocycles. The number of hydrogen-bond acceptors (Lipinski definition) is 6. The van der Waals surface area contributed by atoms with Crippen molar-refractivity contribution in [2.45, 2.75) is 127 Å². The molecule has 0 aromatic rings. The molecule has 1 aliphatic heterocycles. The Morgan fingerprint density at radius 1 is 0.895 bits per heavy atom. The van der Waals surface area contributed by atoms with Gasteiger partial charge in [-0.25, -0.2) is 0 Å². The largest absolute Gasteiger partial charge is 0.393 e. The molecule has 8 nitrogen and oxygen atoms in total. The van der Waals surface area contributed by atoms with Gasteiger partial charge in [0, 0.05) is 50.5 Å². The van der Waals surface area contributed by atoms with Crippen LogP contribution in [-0.2, 0) is 14.3 Å². The number of carbonyl (C=O) groups excluding carboxylic acids is 2. The van der Waals surface area contributed by atoms with Gasteiger partial charge in [0.2, 0.25) is 11.8 Å². The number of rotatable bonds is 7. The summed E-state index contributed by atoms with van der Waals surface area (Å²) in [6.45, 7) is 2.08. The van der Waals surface area contributed by atoms with Crippen LogP contribution in [-0.4, -0.2) is 77.0 Å². The van der Waals surface area contributed by atoms with Crippen molar-refractivity contribution >= 4 is 11.8 Å². The number of fused-ring (bicyclic) bond motifs is 1. The van der Waals surface area contributed by atoms with E-state index in [9.17, 15) is 19.8 Å². The Morgan fingerprint density at radius 2 is 1.68 bits per heavy atom. The van der Waals surface area contributed by atoms with Gasteiger partial charge in [-0.1, -0.05) is 32.1 Å². The zero-order chi connectivity index (χ0) is 26.6. The van der Waals surface area contributed by atoms with Crippen LogP contribution in [0.5, 0.6) is 0 Å². The lowest BCUT2D eigenvalue weighted by atomic mass is 9.71. The number of amides is 2. The van der Waals surface area contributed by atoms with E-state index in [4.69, 9.17) is 10.5 Å². The number of likely N-dealkylation sites (tertiary alicyclic amines) is 1. The van der Waals surface area contributed by atoms with Crippen LogP contribution >= 0.6 is 0 Å². The van der Waals surface area contributed by atoms with E-state index < -0.39 is 24.2 Å². The maximum absolute atomic E-state index is 14.0.